The van der Waals surface area contributed by atoms with Crippen LogP contribution in [-0.2, 0) is 11.3 Å². The maximum Gasteiger partial charge on any atom is 0.253 e. The van der Waals surface area contributed by atoms with Crippen LogP contribution in [0.2, 0.25) is 0 Å². The summed E-state index contributed by atoms with van der Waals surface area (Å²) in [5.41, 5.74) is 3.20. The molecule has 0 unspecified atom stereocenters. The lowest BCUT2D eigenvalue weighted by Crippen LogP contribution is -2.36. The van der Waals surface area contributed by atoms with E-state index < -0.39 is 0 Å². The Morgan fingerprint density at radius 2 is 1.85 bits per heavy atom. The number of anilines is 2. The number of nitrogens with zero attached hydrogens (tertiary/aromatic N) is 3. The van der Waals surface area contributed by atoms with Crippen molar-refractivity contribution in [1.29, 1.82) is 0 Å². The van der Waals surface area contributed by atoms with E-state index in [4.69, 9.17) is 0 Å². The van der Waals surface area contributed by atoms with Crippen molar-refractivity contribution in [3.63, 3.8) is 0 Å². The molecule has 8 heteroatoms. The van der Waals surface area contributed by atoms with E-state index >= 15 is 0 Å². The standard InChI is InChI=1S/C25H29N5O2S/c1-19-7-9-20(10-8-19)17-27-24(32)21-5-2-3-6-22(21)28-23(31)18-29-12-4-13-30(15-14-29)25-26-11-16-33-25/h2-3,5-11,16H,4,12-15,17-18H2,1H3,(H,27,32)(H,28,31). The number of benzene rings is 2. The Balaban J connectivity index is 1.31. The number of rotatable bonds is 7. The average Bonchev–Trinajstić information content (AvgIpc) is 3.26. The van der Waals surface area contributed by atoms with Crippen LogP contribution in [-0.4, -0.2) is 54.4 Å². The predicted octanol–water partition coefficient (Wildman–Crippen LogP) is 3.53. The zero-order chi connectivity index (χ0) is 23.0. The SMILES string of the molecule is Cc1ccc(CNC(=O)c2ccccc2NC(=O)CN2CCCN(c3nccs3)CC2)cc1. The molecule has 0 aliphatic carbocycles. The molecule has 2 aromatic carbocycles. The van der Waals surface area contributed by atoms with Crippen LogP contribution in [0.5, 0.6) is 0 Å². The van der Waals surface area contributed by atoms with Gasteiger partial charge in [0.05, 0.1) is 17.8 Å². The van der Waals surface area contributed by atoms with Crippen molar-refractivity contribution in [2.75, 3.05) is 42.9 Å². The summed E-state index contributed by atoms with van der Waals surface area (Å²) in [5, 5.41) is 8.90. The van der Waals surface area contributed by atoms with Gasteiger partial charge >= 0.3 is 0 Å². The minimum absolute atomic E-state index is 0.114. The van der Waals surface area contributed by atoms with Crippen LogP contribution in [0, 0.1) is 6.92 Å². The van der Waals surface area contributed by atoms with Crippen molar-refractivity contribution in [3.8, 4) is 0 Å². The quantitative estimate of drug-likeness (QED) is 0.561. The maximum absolute atomic E-state index is 12.8. The summed E-state index contributed by atoms with van der Waals surface area (Å²) in [6.07, 6.45) is 2.80. The summed E-state index contributed by atoms with van der Waals surface area (Å²) in [4.78, 5) is 34.4. The fraction of sp³-hybridized carbons (Fsp3) is 0.320. The van der Waals surface area contributed by atoms with Crippen LogP contribution in [0.4, 0.5) is 10.8 Å². The average molecular weight is 464 g/mol. The predicted molar refractivity (Wildman–Crippen MR) is 133 cm³/mol. The summed E-state index contributed by atoms with van der Waals surface area (Å²) in [5.74, 6) is -0.322. The largest absolute Gasteiger partial charge is 0.348 e. The minimum Gasteiger partial charge on any atom is -0.348 e. The molecule has 1 aliphatic heterocycles. The van der Waals surface area contributed by atoms with E-state index in [0.717, 1.165) is 43.3 Å². The van der Waals surface area contributed by atoms with E-state index in [1.54, 1.807) is 29.5 Å². The Labute approximate surface area is 198 Å². The van der Waals surface area contributed by atoms with Crippen LogP contribution in [0.15, 0.2) is 60.1 Å². The lowest BCUT2D eigenvalue weighted by Gasteiger charge is -2.21. The molecule has 1 saturated heterocycles. The zero-order valence-electron chi connectivity index (χ0n) is 18.8. The van der Waals surface area contributed by atoms with Gasteiger partial charge < -0.3 is 15.5 Å². The molecule has 3 aromatic rings. The molecule has 0 spiro atoms. The molecule has 1 aliphatic rings. The number of amides is 2. The Hall–Kier alpha value is -3.23. The number of aryl methyl sites for hydroxylation is 1. The second-order valence-corrected chi connectivity index (χ2v) is 9.07. The van der Waals surface area contributed by atoms with Crippen molar-refractivity contribution < 1.29 is 9.59 Å². The molecule has 7 nitrogen and oxygen atoms in total. The summed E-state index contributed by atoms with van der Waals surface area (Å²) in [7, 11) is 0. The first-order chi connectivity index (χ1) is 16.1. The molecule has 4 rings (SSSR count). The number of nitrogens with one attached hydrogen (secondary N) is 2. The molecule has 172 valence electrons. The van der Waals surface area contributed by atoms with E-state index in [2.05, 4.69) is 25.4 Å². The molecule has 2 heterocycles. The Bertz CT molecular complexity index is 1070. The number of thiazole rings is 1. The van der Waals surface area contributed by atoms with E-state index in [-0.39, 0.29) is 11.8 Å². The van der Waals surface area contributed by atoms with Crippen LogP contribution < -0.4 is 15.5 Å². The van der Waals surface area contributed by atoms with Crippen molar-refractivity contribution in [2.45, 2.75) is 19.9 Å². The monoisotopic (exact) mass is 463 g/mol. The first kappa shape index (κ1) is 22.9. The Morgan fingerprint density at radius 3 is 2.64 bits per heavy atom. The van der Waals surface area contributed by atoms with Gasteiger partial charge in [-0.2, -0.15) is 0 Å². The summed E-state index contributed by atoms with van der Waals surface area (Å²) >= 11 is 1.64. The van der Waals surface area contributed by atoms with Gasteiger partial charge in [-0.1, -0.05) is 42.0 Å². The minimum atomic E-state index is -0.208. The molecule has 1 aromatic heterocycles. The van der Waals surface area contributed by atoms with Gasteiger partial charge in [-0.05, 0) is 31.0 Å². The lowest BCUT2D eigenvalue weighted by molar-refractivity contribution is -0.117. The van der Waals surface area contributed by atoms with Gasteiger partial charge in [0, 0.05) is 44.3 Å². The van der Waals surface area contributed by atoms with E-state index in [9.17, 15) is 9.59 Å². The second kappa shape index (κ2) is 11.1. The van der Waals surface area contributed by atoms with Gasteiger partial charge in [-0.3, -0.25) is 14.5 Å². The third kappa shape index (κ3) is 6.40. The van der Waals surface area contributed by atoms with Crippen molar-refractivity contribution in [3.05, 3.63) is 76.8 Å². The topological polar surface area (TPSA) is 77.6 Å². The number of hydrogen-bond donors (Lipinski definition) is 2. The summed E-state index contributed by atoms with van der Waals surface area (Å²) < 4.78 is 0. The van der Waals surface area contributed by atoms with Crippen LogP contribution >= 0.6 is 11.3 Å². The summed E-state index contributed by atoms with van der Waals surface area (Å²) in [6.45, 7) is 6.20. The highest BCUT2D eigenvalue weighted by molar-refractivity contribution is 7.13. The first-order valence-electron chi connectivity index (χ1n) is 11.2. The fourth-order valence-electron chi connectivity index (χ4n) is 3.86. The Morgan fingerprint density at radius 1 is 1.03 bits per heavy atom. The highest BCUT2D eigenvalue weighted by Crippen LogP contribution is 2.19. The third-order valence-electron chi connectivity index (χ3n) is 5.66. The van der Waals surface area contributed by atoms with Crippen LogP contribution in [0.25, 0.3) is 0 Å². The molecule has 2 N–H and O–H groups in total. The molecule has 0 saturated carbocycles. The Kier molecular flexibility index (Phi) is 7.70. The van der Waals surface area contributed by atoms with Gasteiger partial charge in [0.15, 0.2) is 5.13 Å². The van der Waals surface area contributed by atoms with Gasteiger partial charge in [-0.25, -0.2) is 4.98 Å². The molecular formula is C25H29N5O2S. The number of hydrogen-bond acceptors (Lipinski definition) is 6. The van der Waals surface area contributed by atoms with Crippen molar-refractivity contribution in [1.82, 2.24) is 15.2 Å². The molecule has 2 amide bonds. The normalized spacial score (nSPS) is 14.5. The van der Waals surface area contributed by atoms with E-state index in [0.29, 0.717) is 24.3 Å². The van der Waals surface area contributed by atoms with Crippen molar-refractivity contribution in [2.24, 2.45) is 0 Å². The second-order valence-electron chi connectivity index (χ2n) is 8.19. The number of para-hydroxylation sites is 1. The molecule has 33 heavy (non-hydrogen) atoms. The van der Waals surface area contributed by atoms with Crippen molar-refractivity contribution >= 4 is 34.0 Å². The number of aromatic nitrogens is 1. The molecule has 0 bridgehead atoms. The van der Waals surface area contributed by atoms with Crippen LogP contribution in [0.1, 0.15) is 27.9 Å². The van der Waals surface area contributed by atoms with Crippen LogP contribution in [0.3, 0.4) is 0 Å². The number of carbonyl (C=O) groups excluding carboxylic acids is 2. The number of carbonyl (C=O) groups is 2. The van der Waals surface area contributed by atoms with Gasteiger partial charge in [0.2, 0.25) is 5.91 Å². The highest BCUT2D eigenvalue weighted by atomic mass is 32.1. The molecular weight excluding hydrogens is 434 g/mol. The van der Waals surface area contributed by atoms with Gasteiger partial charge in [0.25, 0.3) is 5.91 Å². The smallest absolute Gasteiger partial charge is 0.253 e. The maximum atomic E-state index is 12.8. The zero-order valence-corrected chi connectivity index (χ0v) is 19.6. The molecule has 1 fully saturated rings. The molecule has 0 atom stereocenters. The van der Waals surface area contributed by atoms with Gasteiger partial charge in [0.1, 0.15) is 0 Å². The third-order valence-corrected chi connectivity index (χ3v) is 6.50. The molecule has 0 radical (unpaired) electrons. The lowest BCUT2D eigenvalue weighted by atomic mass is 10.1. The van der Waals surface area contributed by atoms with Gasteiger partial charge in [-0.15, -0.1) is 11.3 Å². The van der Waals surface area contributed by atoms with E-state index in [1.807, 2.05) is 48.8 Å². The summed E-state index contributed by atoms with van der Waals surface area (Å²) in [6, 6.07) is 15.2. The highest BCUT2D eigenvalue weighted by Gasteiger charge is 2.19. The van der Waals surface area contributed by atoms with E-state index in [1.165, 1.54) is 5.56 Å². The first-order valence-corrected chi connectivity index (χ1v) is 12.1. The fourth-order valence-corrected chi connectivity index (χ4v) is 4.56.